The molecule has 15 heteroatoms. The SMILES string of the molecule is CCOC(=O)CNC(=O)Oc1cc(OC(=O)NCC(=O)OCC)c2c(c1)O/C(=C\c1cn(CCCN(C)C)c3ccc(OC)cc13)C2=O. The first-order chi connectivity index (χ1) is 23.0. The molecule has 256 valence electrons. The number of esters is 2. The van der Waals surface area contributed by atoms with Crippen LogP contribution in [0.1, 0.15) is 36.2 Å². The van der Waals surface area contributed by atoms with Gasteiger partial charge in [-0.15, -0.1) is 0 Å². The van der Waals surface area contributed by atoms with Gasteiger partial charge in [-0.2, -0.15) is 0 Å². The van der Waals surface area contributed by atoms with Gasteiger partial charge in [-0.25, -0.2) is 9.59 Å². The standard InChI is InChI=1S/C33H38N4O11/c1-6-44-28(38)17-34-32(41)46-22-15-25-30(26(16-22)48-33(42)35-18-29(39)45-7-2)31(40)27(47-25)13-20-19-37(12-8-11-36(3)4)24-10-9-21(43-5)14-23(20)24/h9-10,13-16,19H,6-8,11-12,17-18H2,1-5H3,(H,34,41)(H,35,42)/b27-13-. The van der Waals surface area contributed by atoms with Crippen molar-refractivity contribution in [2.75, 3.05) is 54.1 Å². The van der Waals surface area contributed by atoms with E-state index in [2.05, 4.69) is 20.1 Å². The van der Waals surface area contributed by atoms with Crippen molar-refractivity contribution < 1.29 is 52.4 Å². The molecular formula is C33H38N4O11. The number of nitrogens with one attached hydrogen (secondary N) is 2. The summed E-state index contributed by atoms with van der Waals surface area (Å²) in [4.78, 5) is 64.2. The minimum atomic E-state index is -1.08. The Hall–Kier alpha value is -5.57. The van der Waals surface area contributed by atoms with E-state index >= 15 is 0 Å². The Bertz CT molecular complexity index is 1730. The molecule has 4 rings (SSSR count). The van der Waals surface area contributed by atoms with Crippen LogP contribution in [0.2, 0.25) is 0 Å². The maximum atomic E-state index is 13.8. The Morgan fingerprint density at radius 2 is 1.58 bits per heavy atom. The van der Waals surface area contributed by atoms with Crippen LogP contribution in [-0.4, -0.2) is 93.4 Å². The summed E-state index contributed by atoms with van der Waals surface area (Å²) in [7, 11) is 5.57. The van der Waals surface area contributed by atoms with E-state index in [1.54, 1.807) is 27.0 Å². The van der Waals surface area contributed by atoms with Crippen LogP contribution < -0.4 is 29.6 Å². The van der Waals surface area contributed by atoms with Crippen molar-refractivity contribution in [1.82, 2.24) is 20.1 Å². The summed E-state index contributed by atoms with van der Waals surface area (Å²) in [6, 6.07) is 8.07. The van der Waals surface area contributed by atoms with Crippen LogP contribution in [0.25, 0.3) is 17.0 Å². The first-order valence-corrected chi connectivity index (χ1v) is 15.2. The molecule has 1 aliphatic rings. The smallest absolute Gasteiger partial charge is 0.413 e. The Morgan fingerprint density at radius 3 is 2.21 bits per heavy atom. The predicted molar refractivity (Wildman–Crippen MR) is 172 cm³/mol. The molecule has 0 atom stereocenters. The fraction of sp³-hybridized carbons (Fsp3) is 0.364. The van der Waals surface area contributed by atoms with Crippen LogP contribution in [0.5, 0.6) is 23.0 Å². The number of ketones is 1. The highest BCUT2D eigenvalue weighted by Crippen LogP contribution is 2.42. The lowest BCUT2D eigenvalue weighted by Gasteiger charge is -2.11. The summed E-state index contributed by atoms with van der Waals surface area (Å²) in [5, 5.41) is 5.31. The lowest BCUT2D eigenvalue weighted by molar-refractivity contribution is -0.142. The third-order valence-corrected chi connectivity index (χ3v) is 6.90. The van der Waals surface area contributed by atoms with E-state index in [0.717, 1.165) is 36.5 Å². The number of methoxy groups -OCH3 is 1. The molecule has 0 saturated carbocycles. The number of hydrogen-bond acceptors (Lipinski definition) is 12. The fourth-order valence-electron chi connectivity index (χ4n) is 4.81. The number of amides is 2. The Labute approximate surface area is 276 Å². The van der Waals surface area contributed by atoms with Crippen LogP contribution in [0, 0.1) is 0 Å². The van der Waals surface area contributed by atoms with Crippen molar-refractivity contribution in [1.29, 1.82) is 0 Å². The summed E-state index contributed by atoms with van der Waals surface area (Å²) in [6.07, 6.45) is 2.28. The first kappa shape index (κ1) is 35.3. The Kier molecular flexibility index (Phi) is 12.0. The number of rotatable bonds is 14. The zero-order valence-corrected chi connectivity index (χ0v) is 27.4. The van der Waals surface area contributed by atoms with Crippen LogP contribution in [0.3, 0.4) is 0 Å². The summed E-state index contributed by atoms with van der Waals surface area (Å²) in [5.74, 6) is -1.95. The van der Waals surface area contributed by atoms with Gasteiger partial charge in [-0.05, 0) is 65.2 Å². The number of ether oxygens (including phenoxy) is 6. The predicted octanol–water partition coefficient (Wildman–Crippen LogP) is 3.52. The maximum absolute atomic E-state index is 13.8. The van der Waals surface area contributed by atoms with Crippen LogP contribution in [0.15, 0.2) is 42.3 Å². The zero-order valence-electron chi connectivity index (χ0n) is 27.4. The van der Waals surface area contributed by atoms with E-state index in [0.29, 0.717) is 11.3 Å². The quantitative estimate of drug-likeness (QED) is 0.190. The first-order valence-electron chi connectivity index (χ1n) is 15.2. The molecule has 2 N–H and O–H groups in total. The van der Waals surface area contributed by atoms with Gasteiger partial charge in [0.1, 0.15) is 35.9 Å². The van der Waals surface area contributed by atoms with E-state index in [1.807, 2.05) is 38.5 Å². The van der Waals surface area contributed by atoms with Gasteiger partial charge in [0.25, 0.3) is 0 Å². The molecule has 2 amide bonds. The molecule has 0 saturated heterocycles. The summed E-state index contributed by atoms with van der Waals surface area (Å²) >= 11 is 0. The second-order valence-corrected chi connectivity index (χ2v) is 10.6. The normalized spacial score (nSPS) is 12.8. The number of allylic oxidation sites excluding steroid dienone is 1. The topological polar surface area (TPSA) is 173 Å². The molecule has 2 heterocycles. The lowest BCUT2D eigenvalue weighted by Crippen LogP contribution is -2.33. The van der Waals surface area contributed by atoms with Gasteiger partial charge >= 0.3 is 24.1 Å². The molecule has 0 bridgehead atoms. The summed E-state index contributed by atoms with van der Waals surface area (Å²) < 4.78 is 33.7. The second-order valence-electron chi connectivity index (χ2n) is 10.6. The average Bonchev–Trinajstić information content (AvgIpc) is 3.54. The minimum absolute atomic E-state index is 0.0533. The maximum Gasteiger partial charge on any atom is 0.413 e. The van der Waals surface area contributed by atoms with E-state index in [1.165, 1.54) is 6.07 Å². The number of Topliss-reactive ketones (excluding diaryl/α,β-unsaturated/α-hetero) is 1. The largest absolute Gasteiger partial charge is 0.497 e. The third-order valence-electron chi connectivity index (χ3n) is 6.90. The molecule has 48 heavy (non-hydrogen) atoms. The highest BCUT2D eigenvalue weighted by molar-refractivity contribution is 6.17. The molecule has 1 aromatic heterocycles. The summed E-state index contributed by atoms with van der Waals surface area (Å²) in [5.41, 5.74) is 1.49. The number of carbonyl (C=O) groups excluding carboxylic acids is 5. The molecule has 3 aromatic rings. The van der Waals surface area contributed by atoms with Gasteiger partial charge < -0.3 is 48.5 Å². The molecule has 0 fully saturated rings. The number of fused-ring (bicyclic) bond motifs is 2. The fourth-order valence-corrected chi connectivity index (χ4v) is 4.81. The number of benzene rings is 2. The van der Waals surface area contributed by atoms with Crippen molar-refractivity contribution in [2.24, 2.45) is 0 Å². The minimum Gasteiger partial charge on any atom is -0.497 e. The van der Waals surface area contributed by atoms with E-state index < -0.39 is 43.0 Å². The number of nitrogens with zero attached hydrogens (tertiary/aromatic N) is 2. The van der Waals surface area contributed by atoms with Crippen LogP contribution in [-0.2, 0) is 25.6 Å². The van der Waals surface area contributed by atoms with Gasteiger partial charge in [0, 0.05) is 41.3 Å². The monoisotopic (exact) mass is 666 g/mol. The molecule has 0 spiro atoms. The summed E-state index contributed by atoms with van der Waals surface area (Å²) in [6.45, 7) is 4.14. The number of aromatic nitrogens is 1. The lowest BCUT2D eigenvalue weighted by atomic mass is 10.1. The molecule has 0 unspecified atom stereocenters. The van der Waals surface area contributed by atoms with Gasteiger partial charge in [0.2, 0.25) is 5.78 Å². The molecule has 2 aromatic carbocycles. The van der Waals surface area contributed by atoms with E-state index in [-0.39, 0.29) is 41.8 Å². The van der Waals surface area contributed by atoms with Crippen molar-refractivity contribution in [3.05, 3.63) is 53.4 Å². The van der Waals surface area contributed by atoms with Gasteiger partial charge in [-0.1, -0.05) is 0 Å². The van der Waals surface area contributed by atoms with Crippen molar-refractivity contribution >= 4 is 46.9 Å². The molecule has 15 nitrogen and oxygen atoms in total. The highest BCUT2D eigenvalue weighted by atomic mass is 16.6. The molecular weight excluding hydrogens is 628 g/mol. The third kappa shape index (κ3) is 9.03. The molecule has 0 aliphatic carbocycles. The molecule has 0 radical (unpaired) electrons. The van der Waals surface area contributed by atoms with E-state index in [9.17, 15) is 24.0 Å². The second kappa shape index (κ2) is 16.3. The Morgan fingerprint density at radius 1 is 0.917 bits per heavy atom. The number of hydrogen-bond donors (Lipinski definition) is 2. The van der Waals surface area contributed by atoms with E-state index in [4.69, 9.17) is 28.4 Å². The Balaban J connectivity index is 1.66. The average molecular weight is 667 g/mol. The zero-order chi connectivity index (χ0) is 34.8. The highest BCUT2D eigenvalue weighted by Gasteiger charge is 2.34. The van der Waals surface area contributed by atoms with Crippen molar-refractivity contribution in [3.63, 3.8) is 0 Å². The van der Waals surface area contributed by atoms with Gasteiger partial charge in [0.05, 0.1) is 20.3 Å². The number of carbonyl (C=O) groups is 5. The van der Waals surface area contributed by atoms with Gasteiger partial charge in [0.15, 0.2) is 11.5 Å². The molecule has 1 aliphatic heterocycles. The number of aryl methyl sites for hydroxylation is 1. The van der Waals surface area contributed by atoms with Gasteiger partial charge in [-0.3, -0.25) is 14.4 Å². The van der Waals surface area contributed by atoms with Crippen LogP contribution >= 0.6 is 0 Å². The van der Waals surface area contributed by atoms with Crippen LogP contribution in [0.4, 0.5) is 9.59 Å². The van der Waals surface area contributed by atoms with Crippen molar-refractivity contribution in [3.8, 4) is 23.0 Å². The van der Waals surface area contributed by atoms with Crippen molar-refractivity contribution in [2.45, 2.75) is 26.8 Å².